The average molecular weight is 515 g/mol. The first kappa shape index (κ1) is 24.1. The van der Waals surface area contributed by atoms with Crippen LogP contribution in [0.3, 0.4) is 0 Å². The Bertz CT molecular complexity index is 1340. The van der Waals surface area contributed by atoms with E-state index in [1.165, 1.54) is 36.4 Å². The number of sulfonamides is 2. The molecule has 0 aliphatic carbocycles. The first-order valence-electron chi connectivity index (χ1n) is 9.11. The number of aryl methyl sites for hydroxylation is 1. The maximum atomic E-state index is 12.5. The van der Waals surface area contributed by atoms with Crippen molar-refractivity contribution >= 4 is 54.0 Å². The molecule has 0 aliphatic rings. The zero-order valence-electron chi connectivity index (χ0n) is 16.7. The van der Waals surface area contributed by atoms with Crippen LogP contribution < -0.4 is 15.2 Å². The van der Waals surface area contributed by atoms with E-state index < -0.39 is 26.0 Å². The van der Waals surface area contributed by atoms with Gasteiger partial charge in [0.05, 0.1) is 15.5 Å². The van der Waals surface area contributed by atoms with Crippen molar-refractivity contribution in [1.82, 2.24) is 10.3 Å². The lowest BCUT2D eigenvalue weighted by molar-refractivity contribution is 0.0957. The molecule has 0 saturated heterocycles. The van der Waals surface area contributed by atoms with Crippen molar-refractivity contribution in [2.75, 3.05) is 11.3 Å². The number of hydrogen-bond acceptors (Lipinski definition) is 7. The Balaban J connectivity index is 1.61. The van der Waals surface area contributed by atoms with Gasteiger partial charge in [-0.3, -0.25) is 9.52 Å². The minimum Gasteiger partial charge on any atom is -0.351 e. The van der Waals surface area contributed by atoms with Gasteiger partial charge in [0.25, 0.3) is 15.9 Å². The molecule has 0 fully saturated rings. The Kier molecular flexibility index (Phi) is 7.20. The molecule has 32 heavy (non-hydrogen) atoms. The van der Waals surface area contributed by atoms with E-state index in [1.54, 1.807) is 19.1 Å². The van der Waals surface area contributed by atoms with Gasteiger partial charge in [0.1, 0.15) is 4.88 Å². The van der Waals surface area contributed by atoms with Crippen LogP contribution in [0, 0.1) is 6.92 Å². The van der Waals surface area contributed by atoms with Crippen molar-refractivity contribution in [3.8, 4) is 0 Å². The summed E-state index contributed by atoms with van der Waals surface area (Å²) < 4.78 is 49.9. The second-order valence-corrected chi connectivity index (χ2v) is 11.4. The number of nitrogens with zero attached hydrogens (tertiary/aromatic N) is 1. The molecule has 0 saturated carbocycles. The fourth-order valence-corrected chi connectivity index (χ4v) is 5.44. The number of halogens is 1. The van der Waals surface area contributed by atoms with Crippen molar-refractivity contribution in [3.05, 3.63) is 69.7 Å². The van der Waals surface area contributed by atoms with Gasteiger partial charge in [-0.1, -0.05) is 35.1 Å². The third-order valence-electron chi connectivity index (χ3n) is 4.30. The van der Waals surface area contributed by atoms with E-state index in [0.29, 0.717) is 17.1 Å². The lowest BCUT2D eigenvalue weighted by Crippen LogP contribution is -2.25. The Labute approximate surface area is 194 Å². The van der Waals surface area contributed by atoms with Crippen LogP contribution in [0.15, 0.2) is 58.3 Å². The number of hydrogen-bond donors (Lipinski definition) is 3. The van der Waals surface area contributed by atoms with E-state index in [2.05, 4.69) is 15.0 Å². The summed E-state index contributed by atoms with van der Waals surface area (Å²) in [7, 11) is -7.63. The second-order valence-electron chi connectivity index (χ2n) is 6.69. The topological polar surface area (TPSA) is 148 Å². The predicted molar refractivity (Wildman–Crippen MR) is 123 cm³/mol. The number of aromatic nitrogens is 1. The van der Waals surface area contributed by atoms with Crippen LogP contribution in [-0.2, 0) is 26.5 Å². The van der Waals surface area contributed by atoms with E-state index in [-0.39, 0.29) is 26.3 Å². The van der Waals surface area contributed by atoms with Gasteiger partial charge in [0.2, 0.25) is 10.0 Å². The Hall–Kier alpha value is -2.51. The summed E-state index contributed by atoms with van der Waals surface area (Å²) in [5, 5.41) is 8.29. The van der Waals surface area contributed by atoms with Crippen molar-refractivity contribution in [2.24, 2.45) is 5.14 Å². The van der Waals surface area contributed by atoms with E-state index in [0.717, 1.165) is 16.9 Å². The third kappa shape index (κ3) is 6.04. The highest BCUT2D eigenvalue weighted by molar-refractivity contribution is 7.93. The molecule has 1 heterocycles. The van der Waals surface area contributed by atoms with Gasteiger partial charge < -0.3 is 5.32 Å². The molecule has 0 bridgehead atoms. The first-order valence-corrected chi connectivity index (χ1v) is 13.3. The third-order valence-corrected chi connectivity index (χ3v) is 8.04. The summed E-state index contributed by atoms with van der Waals surface area (Å²) in [6.45, 7) is 1.90. The molecule has 0 unspecified atom stereocenters. The molecule has 0 radical (unpaired) electrons. The van der Waals surface area contributed by atoms with E-state index in [1.807, 2.05) is 0 Å². The Morgan fingerprint density at radius 2 is 1.62 bits per heavy atom. The van der Waals surface area contributed by atoms with Gasteiger partial charge in [-0.25, -0.2) is 27.0 Å². The number of anilines is 1. The molecule has 9 nitrogen and oxygen atoms in total. The number of rotatable bonds is 8. The van der Waals surface area contributed by atoms with Crippen LogP contribution in [-0.4, -0.2) is 34.3 Å². The zero-order chi connectivity index (χ0) is 23.5. The number of amides is 1. The van der Waals surface area contributed by atoms with Crippen LogP contribution in [0.4, 0.5) is 5.13 Å². The molecule has 0 aliphatic heterocycles. The molecule has 1 aromatic heterocycles. The van der Waals surface area contributed by atoms with E-state index >= 15 is 0 Å². The molecular weight excluding hydrogens is 496 g/mol. The van der Waals surface area contributed by atoms with Gasteiger partial charge in [0.15, 0.2) is 5.13 Å². The summed E-state index contributed by atoms with van der Waals surface area (Å²) in [6, 6.07) is 11.7. The first-order chi connectivity index (χ1) is 15.0. The van der Waals surface area contributed by atoms with Gasteiger partial charge >= 0.3 is 0 Å². The highest BCUT2D eigenvalue weighted by Crippen LogP contribution is 2.25. The molecule has 3 aromatic rings. The van der Waals surface area contributed by atoms with Crippen molar-refractivity contribution in [1.29, 1.82) is 0 Å². The van der Waals surface area contributed by atoms with Gasteiger partial charge in [-0.05, 0) is 55.3 Å². The summed E-state index contributed by atoms with van der Waals surface area (Å²) in [6.07, 6.45) is 0.463. The standard InChI is InChI=1S/C19H19ClN4O5S3/c1-12-17(18(25)22-11-10-13-2-6-15(7-3-13)31(21,26)27)30-19(23-12)24-32(28,29)16-8-4-14(20)5-9-16/h2-9H,10-11H2,1H3,(H,22,25)(H,23,24)(H2,21,26,27). The van der Waals surface area contributed by atoms with Gasteiger partial charge in [-0.2, -0.15) is 0 Å². The number of thiazole rings is 1. The number of carbonyl (C=O) groups is 1. The maximum Gasteiger partial charge on any atom is 0.263 e. The molecule has 0 atom stereocenters. The Morgan fingerprint density at radius 3 is 2.22 bits per heavy atom. The van der Waals surface area contributed by atoms with E-state index in [9.17, 15) is 21.6 Å². The fourth-order valence-electron chi connectivity index (χ4n) is 2.68. The van der Waals surface area contributed by atoms with Crippen LogP contribution in [0.25, 0.3) is 0 Å². The summed E-state index contributed by atoms with van der Waals surface area (Å²) in [5.41, 5.74) is 1.20. The maximum absolute atomic E-state index is 12.5. The van der Waals surface area contributed by atoms with Crippen molar-refractivity contribution in [3.63, 3.8) is 0 Å². The number of nitrogens with two attached hydrogens (primary N) is 1. The minimum absolute atomic E-state index is 0.0131. The van der Waals surface area contributed by atoms with Crippen LogP contribution in [0.5, 0.6) is 0 Å². The number of primary sulfonamides is 1. The monoisotopic (exact) mass is 514 g/mol. The molecule has 170 valence electrons. The summed E-state index contributed by atoms with van der Waals surface area (Å²) >= 11 is 6.71. The zero-order valence-corrected chi connectivity index (χ0v) is 19.9. The molecule has 1 amide bonds. The SMILES string of the molecule is Cc1nc(NS(=O)(=O)c2ccc(Cl)cc2)sc1C(=O)NCCc1ccc(S(N)(=O)=O)cc1. The quantitative estimate of drug-likeness (QED) is 0.420. The molecular formula is C19H19ClN4O5S3. The molecule has 4 N–H and O–H groups in total. The molecule has 0 spiro atoms. The largest absolute Gasteiger partial charge is 0.351 e. The van der Waals surface area contributed by atoms with Gasteiger partial charge in [0, 0.05) is 11.6 Å². The summed E-state index contributed by atoms with van der Waals surface area (Å²) in [5.74, 6) is -0.391. The fraction of sp³-hybridized carbons (Fsp3) is 0.158. The van der Waals surface area contributed by atoms with Gasteiger partial charge in [-0.15, -0.1) is 0 Å². The lowest BCUT2D eigenvalue weighted by atomic mass is 10.1. The smallest absolute Gasteiger partial charge is 0.263 e. The second kappa shape index (κ2) is 9.55. The predicted octanol–water partition coefficient (Wildman–Crippen LogP) is 2.53. The van der Waals surface area contributed by atoms with Crippen LogP contribution in [0.1, 0.15) is 20.9 Å². The minimum atomic E-state index is -3.87. The van der Waals surface area contributed by atoms with Crippen molar-refractivity contribution < 1.29 is 21.6 Å². The number of nitrogens with one attached hydrogen (secondary N) is 2. The number of carbonyl (C=O) groups excluding carboxylic acids is 1. The van der Waals surface area contributed by atoms with Crippen LogP contribution in [0.2, 0.25) is 5.02 Å². The summed E-state index contributed by atoms with van der Waals surface area (Å²) in [4.78, 5) is 16.9. The highest BCUT2D eigenvalue weighted by Gasteiger charge is 2.20. The average Bonchev–Trinajstić information content (AvgIpc) is 3.07. The Morgan fingerprint density at radius 1 is 1.03 bits per heavy atom. The number of benzene rings is 2. The van der Waals surface area contributed by atoms with E-state index in [4.69, 9.17) is 16.7 Å². The molecule has 3 rings (SSSR count). The van der Waals surface area contributed by atoms with Crippen molar-refractivity contribution in [2.45, 2.75) is 23.1 Å². The molecule has 2 aromatic carbocycles. The molecule has 13 heteroatoms. The highest BCUT2D eigenvalue weighted by atomic mass is 35.5. The normalized spacial score (nSPS) is 11.8. The lowest BCUT2D eigenvalue weighted by Gasteiger charge is -2.05. The van der Waals surface area contributed by atoms with Crippen LogP contribution >= 0.6 is 22.9 Å².